The van der Waals surface area contributed by atoms with Gasteiger partial charge >= 0.3 is 0 Å². The Labute approximate surface area is 213 Å². The number of aryl methyl sites for hydroxylation is 1. The van der Waals surface area contributed by atoms with Crippen LogP contribution in [0.15, 0.2) is 24.7 Å². The van der Waals surface area contributed by atoms with E-state index in [1.54, 1.807) is 6.33 Å². The number of carbonyl (C=O) groups is 1. The Morgan fingerprint density at radius 1 is 1.22 bits per heavy atom. The van der Waals surface area contributed by atoms with E-state index in [0.29, 0.717) is 30.6 Å². The predicted molar refractivity (Wildman–Crippen MR) is 138 cm³/mol. The van der Waals surface area contributed by atoms with Gasteiger partial charge in [0.2, 0.25) is 5.91 Å². The third kappa shape index (κ3) is 6.49. The van der Waals surface area contributed by atoms with E-state index in [-0.39, 0.29) is 17.5 Å². The van der Waals surface area contributed by atoms with Crippen molar-refractivity contribution in [1.29, 1.82) is 0 Å². The fourth-order valence-corrected chi connectivity index (χ4v) is 5.36. The average molecular weight is 503 g/mol. The highest BCUT2D eigenvalue weighted by molar-refractivity contribution is 5.94. The van der Waals surface area contributed by atoms with E-state index < -0.39 is 17.7 Å². The van der Waals surface area contributed by atoms with Crippen LogP contribution in [0.1, 0.15) is 51.2 Å². The summed E-state index contributed by atoms with van der Waals surface area (Å²) in [7, 11) is 2.15. The van der Waals surface area contributed by atoms with Crippen molar-refractivity contribution < 1.29 is 13.6 Å². The second-order valence-corrected chi connectivity index (χ2v) is 11.0. The quantitative estimate of drug-likeness (QED) is 0.550. The molecule has 1 aliphatic heterocycles. The lowest BCUT2D eigenvalue weighted by Crippen LogP contribution is -2.49. The second-order valence-electron chi connectivity index (χ2n) is 11.0. The number of fused-ring (bicyclic) bond motifs is 1. The number of likely N-dealkylation sites (N-methyl/N-ethyl adjacent to an activating group) is 1. The lowest BCUT2D eigenvalue weighted by Gasteiger charge is -2.38. The van der Waals surface area contributed by atoms with E-state index in [0.717, 1.165) is 57.2 Å². The van der Waals surface area contributed by atoms with Crippen LogP contribution in [-0.4, -0.2) is 77.1 Å². The van der Waals surface area contributed by atoms with Gasteiger partial charge in [-0.2, -0.15) is 0 Å². The zero-order valence-corrected chi connectivity index (χ0v) is 22.0. The predicted octanol–water partition coefficient (Wildman–Crippen LogP) is 3.40. The first-order valence-electron chi connectivity index (χ1n) is 13.1. The number of imidazole rings is 1. The summed E-state index contributed by atoms with van der Waals surface area (Å²) in [5, 5.41) is 6.42. The maximum Gasteiger partial charge on any atom is 0.242 e. The molecular formula is C27H40F2N6O. The molecule has 1 aromatic carbocycles. The van der Waals surface area contributed by atoms with Crippen molar-refractivity contribution in [1.82, 2.24) is 24.7 Å². The van der Waals surface area contributed by atoms with Crippen LogP contribution in [0.5, 0.6) is 0 Å². The third-order valence-corrected chi connectivity index (χ3v) is 7.54. The Balaban J connectivity index is 1.36. The van der Waals surface area contributed by atoms with Crippen molar-refractivity contribution in [3.8, 4) is 0 Å². The molecule has 1 aliphatic carbocycles. The largest absolute Gasteiger partial charge is 0.328 e. The number of hydrogen-bond acceptors (Lipinski definition) is 5. The van der Waals surface area contributed by atoms with Crippen LogP contribution in [0, 0.1) is 11.6 Å². The molecule has 2 heterocycles. The minimum absolute atomic E-state index is 0.0418. The maximum absolute atomic E-state index is 14.3. The van der Waals surface area contributed by atoms with Gasteiger partial charge in [0.25, 0.3) is 0 Å². The minimum Gasteiger partial charge on any atom is -0.328 e. The third-order valence-electron chi connectivity index (χ3n) is 7.54. The van der Waals surface area contributed by atoms with Crippen molar-refractivity contribution in [2.24, 2.45) is 0 Å². The van der Waals surface area contributed by atoms with Gasteiger partial charge in [0.15, 0.2) is 5.82 Å². The van der Waals surface area contributed by atoms with Crippen molar-refractivity contribution in [3.05, 3.63) is 47.4 Å². The molecule has 0 bridgehead atoms. The van der Waals surface area contributed by atoms with E-state index >= 15 is 0 Å². The van der Waals surface area contributed by atoms with Gasteiger partial charge in [0.1, 0.15) is 11.6 Å². The summed E-state index contributed by atoms with van der Waals surface area (Å²) in [5.41, 5.74) is 1.12. The molecule has 1 fully saturated rings. The Hall–Kier alpha value is -2.36. The molecule has 2 unspecified atom stereocenters. The summed E-state index contributed by atoms with van der Waals surface area (Å²) in [6.07, 6.45) is 6.96. The number of amides is 1. The van der Waals surface area contributed by atoms with Gasteiger partial charge in [0, 0.05) is 51.0 Å². The number of halogens is 2. The summed E-state index contributed by atoms with van der Waals surface area (Å²) < 4.78 is 30.0. The molecule has 9 heteroatoms. The average Bonchev–Trinajstić information content (AvgIpc) is 3.30. The number of carbonyl (C=O) groups excluding carboxylic acids is 1. The summed E-state index contributed by atoms with van der Waals surface area (Å²) in [6, 6.07) is 1.92. The molecule has 0 spiro atoms. The van der Waals surface area contributed by atoms with Crippen LogP contribution >= 0.6 is 0 Å². The van der Waals surface area contributed by atoms with Crippen molar-refractivity contribution >= 4 is 11.7 Å². The van der Waals surface area contributed by atoms with Crippen LogP contribution in [0.2, 0.25) is 0 Å². The summed E-state index contributed by atoms with van der Waals surface area (Å²) >= 11 is 0. The molecule has 1 saturated heterocycles. The van der Waals surface area contributed by atoms with Crippen LogP contribution in [0.25, 0.3) is 0 Å². The van der Waals surface area contributed by atoms with Crippen LogP contribution in [-0.2, 0) is 23.2 Å². The SMILES string of the molecule is CCCC(NC1CCc2cc(F)cc(F)c2C1)C(=O)Nc1cn(C(C)(C)CN2CCN(C)CC2)cn1. The number of piperazine rings is 1. The molecule has 2 aliphatic rings. The zero-order valence-electron chi connectivity index (χ0n) is 22.0. The van der Waals surface area contributed by atoms with E-state index in [4.69, 9.17) is 0 Å². The zero-order chi connectivity index (χ0) is 25.9. The summed E-state index contributed by atoms with van der Waals surface area (Å²) in [4.78, 5) is 22.5. The smallest absolute Gasteiger partial charge is 0.242 e. The van der Waals surface area contributed by atoms with Crippen LogP contribution in [0.3, 0.4) is 0 Å². The van der Waals surface area contributed by atoms with Gasteiger partial charge in [-0.3, -0.25) is 9.69 Å². The lowest BCUT2D eigenvalue weighted by molar-refractivity contribution is -0.118. The van der Waals surface area contributed by atoms with Gasteiger partial charge in [-0.05, 0) is 63.8 Å². The fourth-order valence-electron chi connectivity index (χ4n) is 5.36. The number of nitrogens with zero attached hydrogens (tertiary/aromatic N) is 4. The van der Waals surface area contributed by atoms with Gasteiger partial charge in [-0.25, -0.2) is 13.8 Å². The normalized spacial score (nSPS) is 20.2. The van der Waals surface area contributed by atoms with E-state index in [2.05, 4.69) is 50.9 Å². The number of rotatable bonds is 9. The molecule has 7 nitrogen and oxygen atoms in total. The molecule has 4 rings (SSSR count). The molecule has 2 N–H and O–H groups in total. The molecular weight excluding hydrogens is 462 g/mol. The van der Waals surface area contributed by atoms with Gasteiger partial charge in [-0.1, -0.05) is 13.3 Å². The van der Waals surface area contributed by atoms with E-state index in [1.807, 2.05) is 13.1 Å². The monoisotopic (exact) mass is 502 g/mol. The van der Waals surface area contributed by atoms with Crippen molar-refractivity contribution in [3.63, 3.8) is 0 Å². The van der Waals surface area contributed by atoms with Gasteiger partial charge < -0.3 is 20.1 Å². The Morgan fingerprint density at radius 3 is 2.69 bits per heavy atom. The first kappa shape index (κ1) is 26.7. The molecule has 2 aromatic rings. The molecule has 0 radical (unpaired) electrons. The van der Waals surface area contributed by atoms with Crippen LogP contribution in [0.4, 0.5) is 14.6 Å². The number of aromatic nitrogens is 2. The van der Waals surface area contributed by atoms with Crippen molar-refractivity contribution in [2.75, 3.05) is 45.1 Å². The van der Waals surface area contributed by atoms with Crippen molar-refractivity contribution in [2.45, 2.75) is 70.5 Å². The Morgan fingerprint density at radius 2 is 1.97 bits per heavy atom. The molecule has 0 saturated carbocycles. The van der Waals surface area contributed by atoms with Gasteiger partial charge in [-0.15, -0.1) is 0 Å². The standard InChI is InChI=1S/C27H40F2N6O/c1-5-6-24(31-21-8-7-19-13-20(28)14-23(29)22(19)15-21)26(36)32-25-16-35(18-30-25)27(2,3)17-34-11-9-33(4)10-12-34/h13-14,16,18,21,24,31H,5-12,15,17H2,1-4H3,(H,32,36). The number of benzene rings is 1. The first-order valence-corrected chi connectivity index (χ1v) is 13.1. The molecule has 36 heavy (non-hydrogen) atoms. The topological polar surface area (TPSA) is 65.4 Å². The minimum atomic E-state index is -0.535. The summed E-state index contributed by atoms with van der Waals surface area (Å²) in [6.45, 7) is 11.6. The highest BCUT2D eigenvalue weighted by Crippen LogP contribution is 2.26. The molecule has 1 aromatic heterocycles. The maximum atomic E-state index is 14.3. The molecule has 1 amide bonds. The fraction of sp³-hybridized carbons (Fsp3) is 0.630. The van der Waals surface area contributed by atoms with E-state index in [1.165, 1.54) is 6.07 Å². The highest BCUT2D eigenvalue weighted by Gasteiger charge is 2.29. The van der Waals surface area contributed by atoms with E-state index in [9.17, 15) is 13.6 Å². The Kier molecular flexibility index (Phi) is 8.42. The number of nitrogens with one attached hydrogen (secondary N) is 2. The lowest BCUT2D eigenvalue weighted by atomic mass is 9.87. The second kappa shape index (κ2) is 11.4. The molecule has 198 valence electrons. The summed E-state index contributed by atoms with van der Waals surface area (Å²) in [5.74, 6) is -0.640. The number of hydrogen-bond donors (Lipinski definition) is 2. The van der Waals surface area contributed by atoms with Gasteiger partial charge in [0.05, 0.1) is 17.9 Å². The Bertz CT molecular complexity index is 1050. The highest BCUT2D eigenvalue weighted by atomic mass is 19.1. The number of anilines is 1. The molecule has 2 atom stereocenters. The first-order chi connectivity index (χ1) is 17.1. The van der Waals surface area contributed by atoms with Crippen LogP contribution < -0.4 is 10.6 Å².